The fourth-order valence-electron chi connectivity index (χ4n) is 2.69. The van der Waals surface area contributed by atoms with E-state index >= 15 is 0 Å². The minimum absolute atomic E-state index is 0.110. The fraction of sp³-hybridized carbons (Fsp3) is 0.222. The summed E-state index contributed by atoms with van der Waals surface area (Å²) in [4.78, 5) is 23.5. The highest BCUT2D eigenvalue weighted by Gasteiger charge is 2.27. The van der Waals surface area contributed by atoms with Crippen molar-refractivity contribution < 1.29 is 38.3 Å². The summed E-state index contributed by atoms with van der Waals surface area (Å²) in [5, 5.41) is 40.6. The monoisotopic (exact) mass is 421 g/mol. The molecule has 0 saturated carbocycles. The van der Waals surface area contributed by atoms with Gasteiger partial charge in [0, 0.05) is 6.26 Å². The number of amides is 1. The molecule has 0 radical (unpaired) electrons. The summed E-state index contributed by atoms with van der Waals surface area (Å²) in [5.41, 5.74) is 0.295. The van der Waals surface area contributed by atoms with E-state index in [1.54, 1.807) is 0 Å². The SMILES string of the molecule is CS(=O)(=O)c1ccc(CC(=O)NC(Cc2cccc(C(=O)O)c2O)B(O)O)cc1. The molecule has 0 heterocycles. The molecule has 1 atom stereocenters. The van der Waals surface area contributed by atoms with Crippen LogP contribution in [0, 0.1) is 0 Å². The van der Waals surface area contributed by atoms with E-state index < -0.39 is 40.5 Å². The van der Waals surface area contributed by atoms with Gasteiger partial charge in [0.15, 0.2) is 9.84 Å². The Labute approximate surface area is 167 Å². The zero-order valence-corrected chi connectivity index (χ0v) is 16.3. The summed E-state index contributed by atoms with van der Waals surface area (Å²) >= 11 is 0. The van der Waals surface area contributed by atoms with Crippen molar-refractivity contribution in [2.45, 2.75) is 23.7 Å². The molecule has 11 heteroatoms. The third-order valence-corrected chi connectivity index (χ3v) is 5.34. The molecule has 1 unspecified atom stereocenters. The maximum absolute atomic E-state index is 12.3. The lowest BCUT2D eigenvalue weighted by atomic mass is 9.75. The van der Waals surface area contributed by atoms with Gasteiger partial charge in [0.25, 0.3) is 0 Å². The lowest BCUT2D eigenvalue weighted by Crippen LogP contribution is -2.48. The third-order valence-electron chi connectivity index (χ3n) is 4.21. The van der Waals surface area contributed by atoms with Crippen LogP contribution >= 0.6 is 0 Å². The molecule has 0 spiro atoms. The molecule has 0 bridgehead atoms. The first kappa shape index (κ1) is 22.4. The van der Waals surface area contributed by atoms with E-state index in [-0.39, 0.29) is 28.9 Å². The van der Waals surface area contributed by atoms with Gasteiger partial charge in [-0.1, -0.05) is 24.3 Å². The number of hydrogen-bond acceptors (Lipinski definition) is 7. The van der Waals surface area contributed by atoms with E-state index in [2.05, 4.69) is 5.32 Å². The van der Waals surface area contributed by atoms with Crippen LogP contribution in [0.3, 0.4) is 0 Å². The summed E-state index contributed by atoms with van der Waals surface area (Å²) in [6, 6.07) is 9.69. The van der Waals surface area contributed by atoms with Crippen molar-refractivity contribution in [2.75, 3.05) is 6.26 Å². The number of aromatic carboxylic acids is 1. The maximum Gasteiger partial charge on any atom is 0.475 e. The number of aromatic hydroxyl groups is 1. The number of benzene rings is 2. The van der Waals surface area contributed by atoms with Crippen LogP contribution in [0.25, 0.3) is 0 Å². The van der Waals surface area contributed by atoms with Gasteiger partial charge in [0.05, 0.1) is 17.3 Å². The Morgan fingerprint density at radius 2 is 1.72 bits per heavy atom. The lowest BCUT2D eigenvalue weighted by molar-refractivity contribution is -0.120. The van der Waals surface area contributed by atoms with Crippen molar-refractivity contribution in [3.63, 3.8) is 0 Å². The first-order chi connectivity index (χ1) is 13.5. The van der Waals surface area contributed by atoms with E-state index in [9.17, 15) is 33.2 Å². The van der Waals surface area contributed by atoms with E-state index in [1.807, 2.05) is 0 Å². The number of carboxylic acid groups (broad SMARTS) is 1. The van der Waals surface area contributed by atoms with Crippen LogP contribution < -0.4 is 5.32 Å². The van der Waals surface area contributed by atoms with Crippen LogP contribution in [0.2, 0.25) is 0 Å². The highest BCUT2D eigenvalue weighted by atomic mass is 32.2. The Hall–Kier alpha value is -2.89. The molecule has 2 aromatic carbocycles. The van der Waals surface area contributed by atoms with Crippen molar-refractivity contribution in [3.05, 3.63) is 59.2 Å². The van der Waals surface area contributed by atoms with Crippen LogP contribution in [0.1, 0.15) is 21.5 Å². The first-order valence-corrected chi connectivity index (χ1v) is 10.4. The van der Waals surface area contributed by atoms with Gasteiger partial charge >= 0.3 is 13.1 Å². The van der Waals surface area contributed by atoms with Crippen LogP contribution in [0.5, 0.6) is 5.75 Å². The maximum atomic E-state index is 12.3. The molecule has 2 aromatic rings. The highest BCUT2D eigenvalue weighted by Crippen LogP contribution is 2.24. The Morgan fingerprint density at radius 3 is 2.24 bits per heavy atom. The van der Waals surface area contributed by atoms with Crippen LogP contribution in [0.15, 0.2) is 47.4 Å². The number of hydrogen-bond donors (Lipinski definition) is 5. The molecule has 29 heavy (non-hydrogen) atoms. The van der Waals surface area contributed by atoms with Gasteiger partial charge in [0.2, 0.25) is 5.91 Å². The van der Waals surface area contributed by atoms with Gasteiger partial charge in [0.1, 0.15) is 11.3 Å². The first-order valence-electron chi connectivity index (χ1n) is 8.47. The molecule has 9 nitrogen and oxygen atoms in total. The predicted molar refractivity (Wildman–Crippen MR) is 104 cm³/mol. The van der Waals surface area contributed by atoms with Gasteiger partial charge in [-0.2, -0.15) is 0 Å². The van der Waals surface area contributed by atoms with Crippen LogP contribution in [0.4, 0.5) is 0 Å². The Kier molecular flexibility index (Phi) is 7.01. The van der Waals surface area contributed by atoms with E-state index in [0.29, 0.717) is 5.56 Å². The molecule has 0 aliphatic rings. The summed E-state index contributed by atoms with van der Waals surface area (Å²) in [7, 11) is -5.32. The average molecular weight is 421 g/mol. The van der Waals surface area contributed by atoms with Gasteiger partial charge in [-0.15, -0.1) is 0 Å². The van der Waals surface area contributed by atoms with E-state index in [4.69, 9.17) is 5.11 Å². The molecule has 0 aromatic heterocycles. The van der Waals surface area contributed by atoms with Gasteiger partial charge in [-0.25, -0.2) is 13.2 Å². The summed E-state index contributed by atoms with van der Waals surface area (Å²) in [6.45, 7) is 0. The van der Waals surface area contributed by atoms with Crippen molar-refractivity contribution in [3.8, 4) is 5.75 Å². The zero-order valence-electron chi connectivity index (χ0n) is 15.4. The number of para-hydroxylation sites is 1. The number of phenols is 1. The fourth-order valence-corrected chi connectivity index (χ4v) is 3.32. The molecule has 0 aliphatic carbocycles. The largest absolute Gasteiger partial charge is 0.507 e. The zero-order chi connectivity index (χ0) is 21.8. The number of carbonyl (C=O) groups excluding carboxylic acids is 1. The molecule has 0 fully saturated rings. The Morgan fingerprint density at radius 1 is 1.10 bits per heavy atom. The molecule has 0 aliphatic heterocycles. The summed E-state index contributed by atoms with van der Waals surface area (Å²) < 4.78 is 22.9. The molecule has 154 valence electrons. The van der Waals surface area contributed by atoms with E-state index in [0.717, 1.165) is 6.26 Å². The van der Waals surface area contributed by atoms with E-state index in [1.165, 1.54) is 42.5 Å². The predicted octanol–water partition coefficient (Wildman–Crippen LogP) is -0.224. The molecule has 5 N–H and O–H groups in total. The lowest BCUT2D eigenvalue weighted by Gasteiger charge is -2.19. The number of carbonyl (C=O) groups is 2. The van der Waals surface area contributed by atoms with Crippen molar-refractivity contribution in [1.29, 1.82) is 0 Å². The van der Waals surface area contributed by atoms with Gasteiger partial charge in [-0.3, -0.25) is 4.79 Å². The van der Waals surface area contributed by atoms with Crippen molar-refractivity contribution in [1.82, 2.24) is 5.32 Å². The molecular weight excluding hydrogens is 401 g/mol. The molecule has 0 saturated heterocycles. The number of rotatable bonds is 8. The highest BCUT2D eigenvalue weighted by molar-refractivity contribution is 7.90. The van der Waals surface area contributed by atoms with Crippen molar-refractivity contribution >= 4 is 28.8 Å². The number of nitrogens with one attached hydrogen (secondary N) is 1. The number of sulfone groups is 1. The van der Waals surface area contributed by atoms with Crippen LogP contribution in [-0.2, 0) is 27.5 Å². The topological polar surface area (TPSA) is 161 Å². The smallest absolute Gasteiger partial charge is 0.475 e. The van der Waals surface area contributed by atoms with Gasteiger partial charge in [-0.05, 0) is 35.7 Å². The van der Waals surface area contributed by atoms with Crippen LogP contribution in [-0.4, -0.2) is 59.9 Å². The third kappa shape index (κ3) is 6.05. The standard InChI is InChI=1S/C18H20BNO8S/c1-29(27,28)13-7-5-11(6-8-13)9-16(21)20-15(19(25)26)10-12-3-2-4-14(17(12)22)18(23)24/h2-8,15,22,25-26H,9-10H2,1H3,(H,20,21)(H,23,24). The Bertz CT molecular complexity index is 1010. The second kappa shape index (κ2) is 9.08. The minimum Gasteiger partial charge on any atom is -0.507 e. The summed E-state index contributed by atoms with van der Waals surface area (Å²) in [5.74, 6) is -3.62. The average Bonchev–Trinajstić information content (AvgIpc) is 2.62. The minimum atomic E-state index is -3.36. The second-order valence-corrected chi connectivity index (χ2v) is 8.52. The Balaban J connectivity index is 2.10. The second-order valence-electron chi connectivity index (χ2n) is 6.50. The number of carboxylic acids is 1. The molecule has 1 amide bonds. The normalized spacial score (nSPS) is 12.2. The molecule has 2 rings (SSSR count). The quantitative estimate of drug-likeness (QED) is 0.366. The summed E-state index contributed by atoms with van der Waals surface area (Å²) in [6.07, 6.45) is 0.703. The molecular formula is C18H20BNO8S. The van der Waals surface area contributed by atoms with Gasteiger partial charge < -0.3 is 25.6 Å². The van der Waals surface area contributed by atoms with Crippen molar-refractivity contribution in [2.24, 2.45) is 0 Å².